The fourth-order valence-electron chi connectivity index (χ4n) is 2.46. The van der Waals surface area contributed by atoms with Crippen LogP contribution in [0.4, 0.5) is 0 Å². The first kappa shape index (κ1) is 27.1. The first-order valence-electron chi connectivity index (χ1n) is 10.2. The molecule has 0 aliphatic carbocycles. The maximum atomic E-state index is 12.3. The summed E-state index contributed by atoms with van der Waals surface area (Å²) >= 11 is 0. The average molecular weight is 464 g/mol. The van der Waals surface area contributed by atoms with Gasteiger partial charge in [0.05, 0.1) is 7.11 Å². The minimum absolute atomic E-state index is 0.147. The van der Waals surface area contributed by atoms with E-state index >= 15 is 0 Å². The normalized spacial score (nSPS) is 11.7. The fraction of sp³-hybridized carbons (Fsp3) is 0.409. The minimum atomic E-state index is -0.981. The van der Waals surface area contributed by atoms with Gasteiger partial charge >= 0.3 is 11.9 Å². The third-order valence-corrected chi connectivity index (χ3v) is 4.08. The lowest BCUT2D eigenvalue weighted by Crippen LogP contribution is -2.40. The molecule has 1 aromatic rings. The van der Waals surface area contributed by atoms with Crippen molar-refractivity contribution in [2.24, 2.45) is 0 Å². The zero-order valence-corrected chi connectivity index (χ0v) is 18.8. The molecule has 180 valence electrons. The Bertz CT molecular complexity index is 881. The van der Waals surface area contributed by atoms with Crippen molar-refractivity contribution >= 4 is 23.9 Å². The van der Waals surface area contributed by atoms with E-state index in [0.717, 1.165) is 12.5 Å². The number of hydrogen-bond acceptors (Lipinski definition) is 9. The number of unbranched alkanes of at least 4 members (excludes halogenated alkanes) is 1. The van der Waals surface area contributed by atoms with Crippen molar-refractivity contribution in [3.63, 3.8) is 0 Å². The zero-order chi connectivity index (χ0) is 24.6. The van der Waals surface area contributed by atoms with Gasteiger partial charge in [0.25, 0.3) is 5.09 Å². The minimum Gasteiger partial charge on any atom is -0.493 e. The van der Waals surface area contributed by atoms with Gasteiger partial charge in [-0.2, -0.15) is 0 Å². The SMILES string of the molecule is C/C=C\CCCC(=O)NC(C)C(=O)Oc1ccc(/C=C/C(=O)OCCO[N+](=O)[O-])cc1OC. The molecule has 0 aliphatic rings. The number of carbonyl (C=O) groups is 3. The van der Waals surface area contributed by atoms with Crippen molar-refractivity contribution in [3.8, 4) is 11.5 Å². The molecule has 1 aromatic carbocycles. The molecular formula is C22H28N2O9. The van der Waals surface area contributed by atoms with E-state index in [1.165, 1.54) is 32.2 Å². The highest BCUT2D eigenvalue weighted by molar-refractivity contribution is 5.87. The highest BCUT2D eigenvalue weighted by atomic mass is 17.0. The van der Waals surface area contributed by atoms with Gasteiger partial charge in [-0.3, -0.25) is 4.79 Å². The first-order valence-corrected chi connectivity index (χ1v) is 10.2. The molecule has 33 heavy (non-hydrogen) atoms. The second-order valence-corrected chi connectivity index (χ2v) is 6.64. The lowest BCUT2D eigenvalue weighted by molar-refractivity contribution is -0.757. The molecule has 1 amide bonds. The van der Waals surface area contributed by atoms with Crippen molar-refractivity contribution in [2.45, 2.75) is 39.2 Å². The number of ether oxygens (including phenoxy) is 3. The quantitative estimate of drug-likeness (QED) is 0.0835. The third kappa shape index (κ3) is 11.3. The van der Waals surface area contributed by atoms with E-state index in [0.29, 0.717) is 18.4 Å². The van der Waals surface area contributed by atoms with Crippen molar-refractivity contribution in [1.82, 2.24) is 5.32 Å². The monoisotopic (exact) mass is 464 g/mol. The maximum absolute atomic E-state index is 12.3. The van der Waals surface area contributed by atoms with E-state index in [1.807, 2.05) is 19.1 Å². The summed E-state index contributed by atoms with van der Waals surface area (Å²) in [5, 5.41) is 11.6. The van der Waals surface area contributed by atoms with Crippen LogP contribution in [0.5, 0.6) is 11.5 Å². The van der Waals surface area contributed by atoms with Gasteiger partial charge in [-0.15, -0.1) is 10.1 Å². The molecule has 0 spiro atoms. The molecule has 0 saturated heterocycles. The van der Waals surface area contributed by atoms with Crippen LogP contribution in [0.15, 0.2) is 36.4 Å². The van der Waals surface area contributed by atoms with Crippen LogP contribution in [0.2, 0.25) is 0 Å². The molecular weight excluding hydrogens is 436 g/mol. The molecule has 0 aliphatic heterocycles. The number of rotatable bonds is 14. The molecule has 0 bridgehead atoms. The number of nitrogens with zero attached hydrogens (tertiary/aromatic N) is 1. The smallest absolute Gasteiger partial charge is 0.333 e. The van der Waals surface area contributed by atoms with Gasteiger partial charge in [0.2, 0.25) is 5.91 Å². The summed E-state index contributed by atoms with van der Waals surface area (Å²) in [6.07, 6.45) is 8.21. The zero-order valence-electron chi connectivity index (χ0n) is 18.8. The van der Waals surface area contributed by atoms with Crippen LogP contribution in [0.25, 0.3) is 6.08 Å². The summed E-state index contributed by atoms with van der Waals surface area (Å²) < 4.78 is 15.3. The number of esters is 2. The predicted octanol–water partition coefficient (Wildman–Crippen LogP) is 2.62. The Labute approximate surface area is 191 Å². The van der Waals surface area contributed by atoms with Crippen molar-refractivity contribution in [1.29, 1.82) is 0 Å². The summed E-state index contributed by atoms with van der Waals surface area (Å²) in [5.74, 6) is -1.23. The predicted molar refractivity (Wildman–Crippen MR) is 118 cm³/mol. The largest absolute Gasteiger partial charge is 0.493 e. The van der Waals surface area contributed by atoms with Crippen LogP contribution in [0.1, 0.15) is 38.7 Å². The Balaban J connectivity index is 2.61. The molecule has 0 heterocycles. The number of carbonyl (C=O) groups excluding carboxylic acids is 3. The molecule has 1 atom stereocenters. The van der Waals surface area contributed by atoms with Gasteiger partial charge in [-0.1, -0.05) is 18.2 Å². The van der Waals surface area contributed by atoms with Gasteiger partial charge in [0, 0.05) is 12.5 Å². The third-order valence-electron chi connectivity index (χ3n) is 4.08. The van der Waals surface area contributed by atoms with Crippen LogP contribution in [0, 0.1) is 10.1 Å². The highest BCUT2D eigenvalue weighted by Crippen LogP contribution is 2.29. The summed E-state index contributed by atoms with van der Waals surface area (Å²) in [6.45, 7) is 2.80. The van der Waals surface area contributed by atoms with E-state index < -0.39 is 23.1 Å². The summed E-state index contributed by atoms with van der Waals surface area (Å²) in [6, 6.07) is 3.75. The molecule has 1 N–H and O–H groups in total. The van der Waals surface area contributed by atoms with Crippen LogP contribution in [-0.4, -0.2) is 49.3 Å². The van der Waals surface area contributed by atoms with E-state index in [2.05, 4.69) is 10.2 Å². The number of hydrogen-bond donors (Lipinski definition) is 1. The van der Waals surface area contributed by atoms with Gasteiger partial charge in [-0.25, -0.2) is 9.59 Å². The molecule has 0 aromatic heterocycles. The van der Waals surface area contributed by atoms with Gasteiger partial charge < -0.3 is 24.4 Å². The number of allylic oxidation sites excluding steroid dienone is 2. The average Bonchev–Trinajstić information content (AvgIpc) is 2.78. The number of amides is 1. The van der Waals surface area contributed by atoms with E-state index in [1.54, 1.807) is 6.07 Å². The van der Waals surface area contributed by atoms with Crippen molar-refractivity contribution in [3.05, 3.63) is 52.1 Å². The fourth-order valence-corrected chi connectivity index (χ4v) is 2.46. The first-order chi connectivity index (χ1) is 15.8. The molecule has 1 rings (SSSR count). The Morgan fingerprint density at radius 3 is 2.64 bits per heavy atom. The molecule has 0 fully saturated rings. The Morgan fingerprint density at radius 2 is 1.97 bits per heavy atom. The Morgan fingerprint density at radius 1 is 1.21 bits per heavy atom. The number of benzene rings is 1. The topological polar surface area (TPSA) is 143 Å². The highest BCUT2D eigenvalue weighted by Gasteiger charge is 2.19. The molecule has 0 radical (unpaired) electrons. The Kier molecular flexibility index (Phi) is 12.3. The standard InChI is InChI=1S/C22H28N2O9/c1-4-5-6-7-8-20(25)23-16(2)22(27)33-18-11-9-17(15-19(18)30-3)10-12-21(26)31-13-14-32-24(28)29/h4-5,9-12,15-16H,6-8,13-14H2,1-3H3,(H,23,25)/b5-4-,12-10+. The number of methoxy groups -OCH3 is 1. The van der Waals surface area contributed by atoms with Crippen LogP contribution >= 0.6 is 0 Å². The summed E-state index contributed by atoms with van der Waals surface area (Å²) in [7, 11) is 1.39. The molecule has 11 nitrogen and oxygen atoms in total. The van der Waals surface area contributed by atoms with E-state index in [4.69, 9.17) is 14.2 Å². The van der Waals surface area contributed by atoms with Crippen LogP contribution < -0.4 is 14.8 Å². The van der Waals surface area contributed by atoms with E-state index in [9.17, 15) is 24.5 Å². The van der Waals surface area contributed by atoms with E-state index in [-0.39, 0.29) is 30.6 Å². The second-order valence-electron chi connectivity index (χ2n) is 6.64. The molecule has 1 unspecified atom stereocenters. The summed E-state index contributed by atoms with van der Waals surface area (Å²) in [4.78, 5) is 49.9. The lowest BCUT2D eigenvalue weighted by Gasteiger charge is -2.15. The Hall–Kier alpha value is -3.89. The van der Waals surface area contributed by atoms with Gasteiger partial charge in [-0.05, 0) is 50.5 Å². The van der Waals surface area contributed by atoms with Gasteiger partial charge in [0.1, 0.15) is 19.3 Å². The lowest BCUT2D eigenvalue weighted by atomic mass is 10.2. The van der Waals surface area contributed by atoms with Crippen LogP contribution in [-0.2, 0) is 24.0 Å². The molecule has 11 heteroatoms. The van der Waals surface area contributed by atoms with Crippen LogP contribution in [0.3, 0.4) is 0 Å². The van der Waals surface area contributed by atoms with Crippen molar-refractivity contribution < 1.29 is 38.5 Å². The van der Waals surface area contributed by atoms with Gasteiger partial charge in [0.15, 0.2) is 11.5 Å². The number of nitrogens with one attached hydrogen (secondary N) is 1. The molecule has 0 saturated carbocycles. The second kappa shape index (κ2) is 15.0. The van der Waals surface area contributed by atoms with Crippen molar-refractivity contribution in [2.75, 3.05) is 20.3 Å². The maximum Gasteiger partial charge on any atom is 0.333 e. The summed E-state index contributed by atoms with van der Waals surface area (Å²) in [5.41, 5.74) is 0.549.